The van der Waals surface area contributed by atoms with Crippen LogP contribution < -0.4 is 11.1 Å². The first kappa shape index (κ1) is 18.1. The molecule has 0 aliphatic heterocycles. The molecule has 21 heavy (non-hydrogen) atoms. The van der Waals surface area contributed by atoms with Crippen LogP contribution in [0.3, 0.4) is 0 Å². The first-order valence-electron chi connectivity index (χ1n) is 6.80. The summed E-state index contributed by atoms with van der Waals surface area (Å²) in [6.45, 7) is 5.04. The summed E-state index contributed by atoms with van der Waals surface area (Å²) in [5.74, 6) is -0.229. The second kappa shape index (κ2) is 8.48. The van der Waals surface area contributed by atoms with Crippen LogP contribution in [0.1, 0.15) is 19.4 Å². The number of hydrogen-bond acceptors (Lipinski definition) is 4. The number of ether oxygens (including phenoxy) is 2. The summed E-state index contributed by atoms with van der Waals surface area (Å²) >= 11 is 3.36. The van der Waals surface area contributed by atoms with Crippen molar-refractivity contribution in [3.63, 3.8) is 0 Å². The molecule has 0 radical (unpaired) electrons. The molecule has 0 spiro atoms. The summed E-state index contributed by atoms with van der Waals surface area (Å²) in [4.78, 5) is 12.3. The monoisotopic (exact) mass is 358 g/mol. The van der Waals surface area contributed by atoms with Gasteiger partial charge >= 0.3 is 0 Å². The van der Waals surface area contributed by atoms with Crippen LogP contribution in [0.25, 0.3) is 0 Å². The molecule has 2 atom stereocenters. The van der Waals surface area contributed by atoms with Crippen LogP contribution in [0, 0.1) is 0 Å². The molecule has 0 fully saturated rings. The molecule has 0 aliphatic rings. The summed E-state index contributed by atoms with van der Waals surface area (Å²) in [5, 5.41) is 2.87. The molecule has 0 heterocycles. The van der Waals surface area contributed by atoms with E-state index in [2.05, 4.69) is 21.2 Å². The fraction of sp³-hybridized carbons (Fsp3) is 0.533. The summed E-state index contributed by atoms with van der Waals surface area (Å²) in [6, 6.07) is 7.29. The van der Waals surface area contributed by atoms with Crippen molar-refractivity contribution in [2.75, 3.05) is 26.9 Å². The number of hydrogen-bond donors (Lipinski definition) is 2. The molecule has 1 aromatic carbocycles. The molecule has 0 aromatic heterocycles. The zero-order valence-corrected chi connectivity index (χ0v) is 14.3. The van der Waals surface area contributed by atoms with Crippen molar-refractivity contribution in [2.45, 2.75) is 25.4 Å². The van der Waals surface area contributed by atoms with E-state index in [9.17, 15) is 4.79 Å². The van der Waals surface area contributed by atoms with Crippen molar-refractivity contribution < 1.29 is 14.3 Å². The van der Waals surface area contributed by atoms with E-state index in [4.69, 9.17) is 15.2 Å². The maximum Gasteiger partial charge on any atom is 0.244 e. The van der Waals surface area contributed by atoms with Crippen LogP contribution in [0.2, 0.25) is 0 Å². The van der Waals surface area contributed by atoms with Gasteiger partial charge in [0.25, 0.3) is 0 Å². The van der Waals surface area contributed by atoms with Crippen LogP contribution in [-0.4, -0.2) is 38.9 Å². The van der Waals surface area contributed by atoms with Gasteiger partial charge in [0.1, 0.15) is 5.54 Å². The topological polar surface area (TPSA) is 73.6 Å². The number of benzene rings is 1. The van der Waals surface area contributed by atoms with Gasteiger partial charge in [0, 0.05) is 17.6 Å². The lowest BCUT2D eigenvalue weighted by Gasteiger charge is -2.26. The number of methoxy groups -OCH3 is 1. The molecule has 1 aromatic rings. The summed E-state index contributed by atoms with van der Waals surface area (Å²) in [6.07, 6.45) is 0. The van der Waals surface area contributed by atoms with Gasteiger partial charge in [-0.2, -0.15) is 0 Å². The molecule has 0 aliphatic carbocycles. The van der Waals surface area contributed by atoms with Crippen molar-refractivity contribution >= 4 is 21.8 Å². The summed E-state index contributed by atoms with van der Waals surface area (Å²) in [7, 11) is 1.62. The Morgan fingerprint density at radius 1 is 1.38 bits per heavy atom. The molecule has 0 saturated heterocycles. The van der Waals surface area contributed by atoms with E-state index < -0.39 is 5.54 Å². The SMILES string of the molecule is COCCOCC(C)NC(=O)C(C)(N)c1ccc(Br)cc1. The van der Waals surface area contributed by atoms with E-state index in [0.29, 0.717) is 19.8 Å². The minimum absolute atomic E-state index is 0.118. The Bertz CT molecular complexity index is 449. The predicted octanol–water partition coefficient (Wildman–Crippen LogP) is 1.79. The fourth-order valence-electron chi connectivity index (χ4n) is 1.74. The van der Waals surface area contributed by atoms with Gasteiger partial charge in [0.15, 0.2) is 0 Å². The van der Waals surface area contributed by atoms with E-state index >= 15 is 0 Å². The van der Waals surface area contributed by atoms with E-state index in [1.165, 1.54) is 0 Å². The molecule has 3 N–H and O–H groups in total. The average molecular weight is 359 g/mol. The number of halogens is 1. The van der Waals surface area contributed by atoms with Crippen LogP contribution in [0.4, 0.5) is 0 Å². The minimum Gasteiger partial charge on any atom is -0.382 e. The Balaban J connectivity index is 2.54. The van der Waals surface area contributed by atoms with Crippen molar-refractivity contribution in [3.05, 3.63) is 34.3 Å². The molecule has 118 valence electrons. The lowest BCUT2D eigenvalue weighted by atomic mass is 9.92. The first-order chi connectivity index (χ1) is 9.87. The van der Waals surface area contributed by atoms with Gasteiger partial charge in [-0.1, -0.05) is 28.1 Å². The second-order valence-electron chi connectivity index (χ2n) is 5.15. The van der Waals surface area contributed by atoms with Gasteiger partial charge in [-0.05, 0) is 31.5 Å². The second-order valence-corrected chi connectivity index (χ2v) is 6.07. The van der Waals surface area contributed by atoms with Gasteiger partial charge in [0.05, 0.1) is 19.8 Å². The van der Waals surface area contributed by atoms with Gasteiger partial charge in [-0.25, -0.2) is 0 Å². The Labute approximate surface area is 134 Å². The van der Waals surface area contributed by atoms with Crippen molar-refractivity contribution in [3.8, 4) is 0 Å². The van der Waals surface area contributed by atoms with Crippen LogP contribution in [-0.2, 0) is 19.8 Å². The van der Waals surface area contributed by atoms with Gasteiger partial charge in [0.2, 0.25) is 5.91 Å². The number of amides is 1. The van der Waals surface area contributed by atoms with E-state index in [-0.39, 0.29) is 11.9 Å². The molecule has 2 unspecified atom stereocenters. The van der Waals surface area contributed by atoms with Crippen molar-refractivity contribution in [1.29, 1.82) is 0 Å². The van der Waals surface area contributed by atoms with Crippen molar-refractivity contribution in [1.82, 2.24) is 5.32 Å². The first-order valence-corrected chi connectivity index (χ1v) is 7.59. The largest absolute Gasteiger partial charge is 0.382 e. The number of nitrogens with one attached hydrogen (secondary N) is 1. The van der Waals surface area contributed by atoms with Crippen LogP contribution in [0.15, 0.2) is 28.7 Å². The summed E-state index contributed by atoms with van der Waals surface area (Å²) in [5.41, 5.74) is 5.85. The van der Waals surface area contributed by atoms with Gasteiger partial charge in [-0.3, -0.25) is 4.79 Å². The van der Waals surface area contributed by atoms with Crippen LogP contribution >= 0.6 is 15.9 Å². The number of carbonyl (C=O) groups excluding carboxylic acids is 1. The van der Waals surface area contributed by atoms with Crippen LogP contribution in [0.5, 0.6) is 0 Å². The molecule has 1 amide bonds. The van der Waals surface area contributed by atoms with E-state index in [0.717, 1.165) is 10.0 Å². The number of rotatable bonds is 8. The molecular formula is C15H23BrN2O3. The highest BCUT2D eigenvalue weighted by Crippen LogP contribution is 2.20. The third-order valence-electron chi connectivity index (χ3n) is 3.09. The highest BCUT2D eigenvalue weighted by atomic mass is 79.9. The minimum atomic E-state index is -1.08. The maximum atomic E-state index is 12.3. The molecule has 1 rings (SSSR count). The lowest BCUT2D eigenvalue weighted by molar-refractivity contribution is -0.127. The molecule has 0 saturated carbocycles. The Hall–Kier alpha value is -0.950. The average Bonchev–Trinajstić information content (AvgIpc) is 2.44. The normalized spacial score (nSPS) is 15.3. The third kappa shape index (κ3) is 5.74. The maximum absolute atomic E-state index is 12.3. The fourth-order valence-corrected chi connectivity index (χ4v) is 2.01. The quantitative estimate of drug-likeness (QED) is 0.694. The Kier molecular flexibility index (Phi) is 7.31. The molecule has 0 bridgehead atoms. The lowest BCUT2D eigenvalue weighted by Crippen LogP contribution is -2.52. The highest BCUT2D eigenvalue weighted by Gasteiger charge is 2.31. The third-order valence-corrected chi connectivity index (χ3v) is 3.62. The summed E-state index contributed by atoms with van der Waals surface area (Å²) < 4.78 is 11.2. The highest BCUT2D eigenvalue weighted by molar-refractivity contribution is 9.10. The van der Waals surface area contributed by atoms with E-state index in [1.54, 1.807) is 14.0 Å². The standard InChI is InChI=1S/C15H23BrN2O3/c1-11(10-21-9-8-20-3)18-14(19)15(2,17)12-4-6-13(16)7-5-12/h4-7,11H,8-10,17H2,1-3H3,(H,18,19). The Morgan fingerprint density at radius 2 is 2.00 bits per heavy atom. The zero-order chi connectivity index (χ0) is 15.9. The molecule has 6 heteroatoms. The molecular weight excluding hydrogens is 336 g/mol. The number of nitrogens with two attached hydrogens (primary N) is 1. The smallest absolute Gasteiger partial charge is 0.244 e. The van der Waals surface area contributed by atoms with Gasteiger partial charge < -0.3 is 20.5 Å². The van der Waals surface area contributed by atoms with Gasteiger partial charge in [-0.15, -0.1) is 0 Å². The number of carbonyl (C=O) groups is 1. The van der Waals surface area contributed by atoms with Crippen molar-refractivity contribution in [2.24, 2.45) is 5.73 Å². The molecule has 5 nitrogen and oxygen atoms in total. The zero-order valence-electron chi connectivity index (χ0n) is 12.7. The predicted molar refractivity (Wildman–Crippen MR) is 86.0 cm³/mol. The van der Waals surface area contributed by atoms with E-state index in [1.807, 2.05) is 31.2 Å². The Morgan fingerprint density at radius 3 is 2.57 bits per heavy atom.